The number of aromatic nitrogens is 1. The van der Waals surface area contributed by atoms with E-state index in [0.717, 1.165) is 24.2 Å². The molecule has 0 radical (unpaired) electrons. The minimum Gasteiger partial charge on any atom is -0.361 e. The summed E-state index contributed by atoms with van der Waals surface area (Å²) >= 11 is 0. The molecule has 2 heterocycles. The van der Waals surface area contributed by atoms with Crippen LogP contribution in [0.1, 0.15) is 65.6 Å². The number of nitrogens with zero attached hydrogens (tertiary/aromatic N) is 1. The summed E-state index contributed by atoms with van der Waals surface area (Å²) in [4.78, 5) is 18.7. The molecule has 146 valence electrons. The Bertz CT molecular complexity index is 977. The van der Waals surface area contributed by atoms with Gasteiger partial charge in [0.15, 0.2) is 5.78 Å². The van der Waals surface area contributed by atoms with E-state index in [1.54, 1.807) is 0 Å². The second-order valence-corrected chi connectivity index (χ2v) is 8.58. The van der Waals surface area contributed by atoms with Gasteiger partial charge in [0.1, 0.15) is 0 Å². The highest BCUT2D eigenvalue weighted by atomic mass is 16.1. The van der Waals surface area contributed by atoms with Crippen molar-refractivity contribution in [3.8, 4) is 0 Å². The Labute approximate surface area is 167 Å². The molecule has 0 saturated carbocycles. The van der Waals surface area contributed by atoms with Gasteiger partial charge in [0.2, 0.25) is 0 Å². The van der Waals surface area contributed by atoms with Crippen LogP contribution in [0.15, 0.2) is 48.7 Å². The summed E-state index contributed by atoms with van der Waals surface area (Å²) in [5.41, 5.74) is 5.72. The highest BCUT2D eigenvalue weighted by Crippen LogP contribution is 2.33. The van der Waals surface area contributed by atoms with Gasteiger partial charge in [-0.25, -0.2) is 0 Å². The van der Waals surface area contributed by atoms with E-state index in [0.29, 0.717) is 18.3 Å². The number of Topliss-reactive ketones (excluding diaryl/α,β-unsaturated/α-hetero) is 1. The molecule has 0 spiro atoms. The van der Waals surface area contributed by atoms with Gasteiger partial charge in [-0.1, -0.05) is 38.1 Å². The van der Waals surface area contributed by atoms with Crippen molar-refractivity contribution in [2.24, 2.45) is 0 Å². The smallest absolute Gasteiger partial charge is 0.167 e. The fourth-order valence-corrected chi connectivity index (χ4v) is 4.32. The average molecular weight is 375 g/mol. The quantitative estimate of drug-likeness (QED) is 0.596. The van der Waals surface area contributed by atoms with Crippen molar-refractivity contribution in [3.05, 3.63) is 70.9 Å². The monoisotopic (exact) mass is 374 g/mol. The van der Waals surface area contributed by atoms with E-state index in [2.05, 4.69) is 61.2 Å². The van der Waals surface area contributed by atoms with E-state index in [1.807, 2.05) is 18.2 Å². The second-order valence-electron chi connectivity index (χ2n) is 8.58. The lowest BCUT2D eigenvalue weighted by molar-refractivity contribution is 0.0993. The number of likely N-dealkylation sites (tertiary alicyclic amines) is 1. The zero-order chi connectivity index (χ0) is 19.7. The zero-order valence-corrected chi connectivity index (χ0v) is 17.2. The Hall–Kier alpha value is -2.39. The molecule has 0 unspecified atom stereocenters. The molecule has 1 aliphatic heterocycles. The molecule has 0 bridgehead atoms. The van der Waals surface area contributed by atoms with Crippen LogP contribution < -0.4 is 0 Å². The van der Waals surface area contributed by atoms with Crippen molar-refractivity contribution in [1.29, 1.82) is 0 Å². The first-order valence-electron chi connectivity index (χ1n) is 10.4. The molecule has 1 aromatic heterocycles. The van der Waals surface area contributed by atoms with Crippen LogP contribution in [-0.2, 0) is 6.42 Å². The standard InChI is InChI=1S/C25H30N2O/c1-17(2)20-5-4-6-21(15-20)25(28)14-18-7-8-24-22(13-18)23(16-26-24)19-9-11-27(3)12-10-19/h4-8,13,15-17,19,26H,9-12,14H2,1-3H3. The number of H-pyrrole nitrogens is 1. The Kier molecular flexibility index (Phi) is 5.36. The summed E-state index contributed by atoms with van der Waals surface area (Å²) in [6.45, 7) is 6.63. The molecule has 1 N–H and O–H groups in total. The van der Waals surface area contributed by atoms with Crippen LogP contribution in [0.25, 0.3) is 10.9 Å². The van der Waals surface area contributed by atoms with Crippen molar-refractivity contribution in [2.45, 2.75) is 44.9 Å². The summed E-state index contributed by atoms with van der Waals surface area (Å²) in [6, 6.07) is 14.5. The number of ketones is 1. The normalized spacial score (nSPS) is 16.1. The number of nitrogens with one attached hydrogen (secondary N) is 1. The van der Waals surface area contributed by atoms with Crippen LogP contribution in [-0.4, -0.2) is 35.8 Å². The highest BCUT2D eigenvalue weighted by Gasteiger charge is 2.21. The van der Waals surface area contributed by atoms with Gasteiger partial charge in [-0.3, -0.25) is 4.79 Å². The fourth-order valence-electron chi connectivity index (χ4n) is 4.32. The molecule has 3 heteroatoms. The van der Waals surface area contributed by atoms with Crippen LogP contribution in [0.5, 0.6) is 0 Å². The van der Waals surface area contributed by atoms with E-state index in [4.69, 9.17) is 0 Å². The highest BCUT2D eigenvalue weighted by molar-refractivity contribution is 5.98. The molecular formula is C25H30N2O. The van der Waals surface area contributed by atoms with Crippen LogP contribution in [0.2, 0.25) is 0 Å². The molecular weight excluding hydrogens is 344 g/mol. The molecule has 2 aromatic carbocycles. The maximum Gasteiger partial charge on any atom is 0.167 e. The van der Waals surface area contributed by atoms with Crippen molar-refractivity contribution in [3.63, 3.8) is 0 Å². The minimum atomic E-state index is 0.193. The Morgan fingerprint density at radius 3 is 2.68 bits per heavy atom. The number of fused-ring (bicyclic) bond motifs is 1. The lowest BCUT2D eigenvalue weighted by atomic mass is 9.88. The molecule has 28 heavy (non-hydrogen) atoms. The Balaban J connectivity index is 1.57. The minimum absolute atomic E-state index is 0.193. The fraction of sp³-hybridized carbons (Fsp3) is 0.400. The predicted octanol–water partition coefficient (Wildman–Crippen LogP) is 5.53. The third kappa shape index (κ3) is 3.90. The first-order valence-corrected chi connectivity index (χ1v) is 10.4. The van der Waals surface area contributed by atoms with Crippen LogP contribution in [0, 0.1) is 0 Å². The molecule has 0 atom stereocenters. The third-order valence-electron chi connectivity index (χ3n) is 6.18. The number of carbonyl (C=O) groups is 1. The number of carbonyl (C=O) groups excluding carboxylic acids is 1. The van der Waals surface area contributed by atoms with Gasteiger partial charge >= 0.3 is 0 Å². The van der Waals surface area contributed by atoms with Crippen molar-refractivity contribution in [2.75, 3.05) is 20.1 Å². The first kappa shape index (κ1) is 18.9. The molecule has 4 rings (SSSR count). The van der Waals surface area contributed by atoms with Crippen molar-refractivity contribution in [1.82, 2.24) is 9.88 Å². The summed E-state index contributed by atoms with van der Waals surface area (Å²) < 4.78 is 0. The van der Waals surface area contributed by atoms with E-state index in [1.165, 1.54) is 34.9 Å². The van der Waals surface area contributed by atoms with Gasteiger partial charge in [-0.15, -0.1) is 0 Å². The maximum absolute atomic E-state index is 12.9. The Morgan fingerprint density at radius 1 is 1.14 bits per heavy atom. The maximum atomic E-state index is 12.9. The van der Waals surface area contributed by atoms with E-state index in [9.17, 15) is 4.79 Å². The van der Waals surface area contributed by atoms with Gasteiger partial charge in [0.05, 0.1) is 0 Å². The molecule has 0 aliphatic carbocycles. The molecule has 3 aromatic rings. The number of hydrogen-bond donors (Lipinski definition) is 1. The van der Waals surface area contributed by atoms with Gasteiger partial charge in [0.25, 0.3) is 0 Å². The van der Waals surface area contributed by atoms with E-state index >= 15 is 0 Å². The van der Waals surface area contributed by atoms with Gasteiger partial charge in [0, 0.05) is 29.1 Å². The lowest BCUT2D eigenvalue weighted by Crippen LogP contribution is -2.29. The first-order chi connectivity index (χ1) is 13.5. The second kappa shape index (κ2) is 7.92. The zero-order valence-electron chi connectivity index (χ0n) is 17.2. The van der Waals surface area contributed by atoms with Gasteiger partial charge < -0.3 is 9.88 Å². The molecule has 0 amide bonds. The molecule has 1 saturated heterocycles. The van der Waals surface area contributed by atoms with E-state index < -0.39 is 0 Å². The van der Waals surface area contributed by atoms with Crippen molar-refractivity contribution >= 4 is 16.7 Å². The Morgan fingerprint density at radius 2 is 1.93 bits per heavy atom. The molecule has 1 aliphatic rings. The van der Waals surface area contributed by atoms with Gasteiger partial charge in [-0.2, -0.15) is 0 Å². The number of piperidine rings is 1. The summed E-state index contributed by atoms with van der Waals surface area (Å²) in [6.07, 6.45) is 5.04. The largest absolute Gasteiger partial charge is 0.361 e. The van der Waals surface area contributed by atoms with Crippen LogP contribution >= 0.6 is 0 Å². The summed E-state index contributed by atoms with van der Waals surface area (Å²) in [5, 5.41) is 1.29. The SMILES string of the molecule is CC(C)c1cccc(C(=O)Cc2ccc3[nH]cc(C4CCN(C)CC4)c3c2)c1. The third-order valence-corrected chi connectivity index (χ3v) is 6.18. The van der Waals surface area contributed by atoms with Gasteiger partial charge in [-0.05, 0) is 79.7 Å². The van der Waals surface area contributed by atoms with E-state index in [-0.39, 0.29) is 5.78 Å². The number of benzene rings is 2. The van der Waals surface area contributed by atoms with Crippen LogP contribution in [0.3, 0.4) is 0 Å². The number of hydrogen-bond acceptors (Lipinski definition) is 2. The molecule has 1 fully saturated rings. The molecule has 3 nitrogen and oxygen atoms in total. The summed E-state index contributed by atoms with van der Waals surface area (Å²) in [7, 11) is 2.20. The number of rotatable bonds is 5. The average Bonchev–Trinajstić information content (AvgIpc) is 3.12. The predicted molar refractivity (Wildman–Crippen MR) is 116 cm³/mol. The number of aromatic amines is 1. The lowest BCUT2D eigenvalue weighted by Gasteiger charge is -2.28. The van der Waals surface area contributed by atoms with Crippen molar-refractivity contribution < 1.29 is 4.79 Å². The summed E-state index contributed by atoms with van der Waals surface area (Å²) in [5.74, 6) is 1.23. The van der Waals surface area contributed by atoms with Crippen LogP contribution in [0.4, 0.5) is 0 Å². The topological polar surface area (TPSA) is 36.1 Å².